The van der Waals surface area contributed by atoms with Gasteiger partial charge in [0.1, 0.15) is 0 Å². The third kappa shape index (κ3) is 7.07. The molecule has 0 spiro atoms. The molecule has 1 N–H and O–H groups in total. The number of fused-ring (bicyclic) bond motifs is 7. The molecule has 1 aromatic heterocycles. The zero-order valence-electron chi connectivity index (χ0n) is 44.8. The Kier molecular flexibility index (Phi) is 10.4. The van der Waals surface area contributed by atoms with Crippen LogP contribution in [0.5, 0.6) is 0 Å². The predicted molar refractivity (Wildman–Crippen MR) is 309 cm³/mol. The van der Waals surface area contributed by atoms with E-state index in [0.717, 1.165) is 6.42 Å². The molecule has 0 bridgehead atoms. The van der Waals surface area contributed by atoms with Gasteiger partial charge in [-0.15, -0.1) is 0 Å². The molecule has 0 radical (unpaired) electrons. The number of hydrogen-bond acceptors (Lipinski definition) is 3. The third-order valence-electron chi connectivity index (χ3n) is 17.5. The Hall–Kier alpha value is -6.72. The van der Waals surface area contributed by atoms with Gasteiger partial charge in [-0.2, -0.15) is 0 Å². The summed E-state index contributed by atoms with van der Waals surface area (Å²) in [6.45, 7) is 28.4. The maximum Gasteiger partial charge on any atom is 0.252 e. The smallest absolute Gasteiger partial charge is 0.252 e. The molecule has 12 rings (SSSR count). The van der Waals surface area contributed by atoms with Crippen LogP contribution in [0, 0.1) is 6.92 Å². The molecule has 1 saturated carbocycles. The van der Waals surface area contributed by atoms with E-state index in [1.54, 1.807) is 0 Å². The first-order valence-corrected chi connectivity index (χ1v) is 26.7. The quantitative estimate of drug-likeness (QED) is 0.174. The number of nitrogens with zero attached hydrogens (tertiary/aromatic N) is 3. The van der Waals surface area contributed by atoms with Crippen molar-refractivity contribution in [3.05, 3.63) is 186 Å². The fraction of sp³-hybridized carbons (Fsp3) is 0.313. The van der Waals surface area contributed by atoms with Gasteiger partial charge in [-0.1, -0.05) is 155 Å². The summed E-state index contributed by atoms with van der Waals surface area (Å²) in [6.07, 6.45) is 6.82. The molecular weight excluding hydrogens is 872 g/mol. The van der Waals surface area contributed by atoms with Crippen molar-refractivity contribution in [2.45, 2.75) is 136 Å². The Labute approximate surface area is 430 Å². The van der Waals surface area contributed by atoms with Gasteiger partial charge in [-0.3, -0.25) is 0 Å². The number of benzene rings is 7. The molecule has 4 nitrogen and oxygen atoms in total. The lowest BCUT2D eigenvalue weighted by molar-refractivity contribution is 0.195. The van der Waals surface area contributed by atoms with Gasteiger partial charge in [0.2, 0.25) is 0 Å². The predicted octanol–water partition coefficient (Wildman–Crippen LogP) is 16.4. The average Bonchev–Trinajstić information content (AvgIpc) is 3.96. The van der Waals surface area contributed by atoms with Gasteiger partial charge in [0.15, 0.2) is 0 Å². The third-order valence-corrected chi connectivity index (χ3v) is 17.5. The maximum absolute atomic E-state index is 3.50. The van der Waals surface area contributed by atoms with Crippen molar-refractivity contribution in [3.8, 4) is 22.4 Å². The first kappa shape index (κ1) is 46.4. The summed E-state index contributed by atoms with van der Waals surface area (Å²) < 4.78 is 0. The molecule has 362 valence electrons. The summed E-state index contributed by atoms with van der Waals surface area (Å²) in [5.74, 6) is 0. The molecule has 0 amide bonds. The van der Waals surface area contributed by atoms with Crippen LogP contribution in [0.4, 0.5) is 45.5 Å². The van der Waals surface area contributed by atoms with E-state index < -0.39 is 0 Å². The van der Waals surface area contributed by atoms with E-state index in [0.29, 0.717) is 0 Å². The highest BCUT2D eigenvalue weighted by atomic mass is 15.3. The first-order chi connectivity index (χ1) is 34.2. The number of anilines is 8. The van der Waals surface area contributed by atoms with E-state index in [1.807, 2.05) is 6.20 Å². The Morgan fingerprint density at radius 1 is 0.486 bits per heavy atom. The van der Waals surface area contributed by atoms with Crippen LogP contribution in [0.25, 0.3) is 22.4 Å². The molecule has 0 saturated heterocycles. The summed E-state index contributed by atoms with van der Waals surface area (Å²) in [5.41, 5.74) is 25.5. The fourth-order valence-electron chi connectivity index (χ4n) is 13.2. The molecule has 5 heteroatoms. The molecular formula is C67H71BN4. The highest BCUT2D eigenvalue weighted by Gasteiger charge is 2.58. The summed E-state index contributed by atoms with van der Waals surface area (Å²) in [5, 5.41) is 0. The highest BCUT2D eigenvalue weighted by molar-refractivity contribution is 7.00. The van der Waals surface area contributed by atoms with Crippen LogP contribution in [0.3, 0.4) is 0 Å². The zero-order valence-corrected chi connectivity index (χ0v) is 44.8. The lowest BCUT2D eigenvalue weighted by atomic mass is 9.33. The normalized spacial score (nSPS) is 19.2. The Bertz CT molecular complexity index is 3420. The fourth-order valence-corrected chi connectivity index (χ4v) is 13.2. The number of hydrogen-bond donors (Lipinski definition) is 1. The van der Waals surface area contributed by atoms with Crippen molar-refractivity contribution in [1.29, 1.82) is 0 Å². The van der Waals surface area contributed by atoms with Gasteiger partial charge in [0.05, 0.1) is 11.2 Å². The standard InChI is InChI=1S/C67H71BN4/c1-43-37-60-62-61(38-43)71(56-32-25-47(64(5,6)7)40-51(56)44-19-14-13-15-20-44)58-33-26-48(65(8,9)10)41-54(58)68(62)53-30-29-50(42-59(53)70(60)49-27-23-46(24-28-49)63(2,3)4)72-57-31-22-45(55-21-18-36-69-55)39-52(57)66(11)34-16-17-35-67(66,72)12/h13-15,18-33,36-42,69H,16-17,34-35H2,1-12H3. The van der Waals surface area contributed by atoms with Crippen LogP contribution in [0.2, 0.25) is 0 Å². The van der Waals surface area contributed by atoms with Crippen LogP contribution < -0.4 is 31.1 Å². The van der Waals surface area contributed by atoms with Crippen LogP contribution in [0.1, 0.15) is 130 Å². The van der Waals surface area contributed by atoms with Crippen LogP contribution >= 0.6 is 0 Å². The van der Waals surface area contributed by atoms with E-state index in [-0.39, 0.29) is 33.9 Å². The molecule has 3 aliphatic heterocycles. The van der Waals surface area contributed by atoms with Crippen molar-refractivity contribution in [3.63, 3.8) is 0 Å². The van der Waals surface area contributed by atoms with E-state index in [1.165, 1.54) is 131 Å². The molecule has 1 aliphatic carbocycles. The second-order valence-corrected chi connectivity index (χ2v) is 25.2. The Balaban J connectivity index is 1.13. The molecule has 72 heavy (non-hydrogen) atoms. The number of aryl methyl sites for hydroxylation is 1. The minimum Gasteiger partial charge on any atom is -0.361 e. The van der Waals surface area contributed by atoms with Gasteiger partial charge in [0.25, 0.3) is 6.71 Å². The van der Waals surface area contributed by atoms with E-state index in [4.69, 9.17) is 0 Å². The van der Waals surface area contributed by atoms with Gasteiger partial charge < -0.3 is 19.7 Å². The molecule has 4 heterocycles. The van der Waals surface area contributed by atoms with Crippen LogP contribution in [-0.4, -0.2) is 17.2 Å². The lowest BCUT2D eigenvalue weighted by Gasteiger charge is -2.50. The minimum absolute atomic E-state index is 0.00271. The van der Waals surface area contributed by atoms with E-state index in [2.05, 4.69) is 254 Å². The van der Waals surface area contributed by atoms with Crippen molar-refractivity contribution < 1.29 is 0 Å². The average molecular weight is 943 g/mol. The Morgan fingerprint density at radius 2 is 1.11 bits per heavy atom. The first-order valence-electron chi connectivity index (χ1n) is 26.7. The van der Waals surface area contributed by atoms with Crippen molar-refractivity contribution in [1.82, 2.24) is 4.98 Å². The molecule has 8 aromatic rings. The van der Waals surface area contributed by atoms with Gasteiger partial charge in [-0.05, 0) is 177 Å². The molecule has 4 aliphatic rings. The second kappa shape index (κ2) is 16.1. The molecule has 1 fully saturated rings. The summed E-state index contributed by atoms with van der Waals surface area (Å²) in [6, 6.07) is 59.2. The highest BCUT2D eigenvalue weighted by Crippen LogP contribution is 2.62. The van der Waals surface area contributed by atoms with Crippen molar-refractivity contribution in [2.75, 3.05) is 14.7 Å². The number of aromatic nitrogens is 1. The Morgan fingerprint density at radius 3 is 1.79 bits per heavy atom. The lowest BCUT2D eigenvalue weighted by Crippen LogP contribution is -2.61. The molecule has 7 aromatic carbocycles. The van der Waals surface area contributed by atoms with E-state index >= 15 is 0 Å². The minimum atomic E-state index is -0.107. The second-order valence-electron chi connectivity index (χ2n) is 25.2. The maximum atomic E-state index is 3.50. The SMILES string of the molecule is Cc1cc2c3c(c1)N(c1ccc(C(C)(C)C)cc1-c1ccccc1)c1ccc(C(C)(C)C)cc1B3c1ccc(N3c4ccc(-c5ccc[nH]5)cc4C4(C)CCCCC34C)cc1N2c1ccc(C(C)(C)C)cc1. The molecule has 2 unspecified atom stereocenters. The monoisotopic (exact) mass is 943 g/mol. The number of aromatic amines is 1. The van der Waals surface area contributed by atoms with Gasteiger partial charge in [-0.25, -0.2) is 0 Å². The summed E-state index contributed by atoms with van der Waals surface area (Å²) in [7, 11) is 0. The number of nitrogens with one attached hydrogen (secondary N) is 1. The molecule has 2 atom stereocenters. The van der Waals surface area contributed by atoms with Gasteiger partial charge >= 0.3 is 0 Å². The van der Waals surface area contributed by atoms with Crippen LogP contribution in [0.15, 0.2) is 158 Å². The largest absolute Gasteiger partial charge is 0.361 e. The summed E-state index contributed by atoms with van der Waals surface area (Å²) in [4.78, 5) is 11.5. The topological polar surface area (TPSA) is 25.5 Å². The summed E-state index contributed by atoms with van der Waals surface area (Å²) >= 11 is 0. The van der Waals surface area contributed by atoms with Crippen LogP contribution in [-0.2, 0) is 21.7 Å². The number of H-pyrrole nitrogens is 1. The van der Waals surface area contributed by atoms with Gasteiger partial charge in [0, 0.05) is 62.7 Å². The van der Waals surface area contributed by atoms with Crippen molar-refractivity contribution >= 4 is 68.6 Å². The van der Waals surface area contributed by atoms with Crippen molar-refractivity contribution in [2.24, 2.45) is 0 Å². The van der Waals surface area contributed by atoms with E-state index in [9.17, 15) is 0 Å². The number of rotatable bonds is 5. The zero-order chi connectivity index (χ0) is 50.3.